The highest BCUT2D eigenvalue weighted by Gasteiger charge is 2.18. The Morgan fingerprint density at radius 3 is 2.45 bits per heavy atom. The molecule has 5 nitrogen and oxygen atoms in total. The predicted octanol–water partition coefficient (Wildman–Crippen LogP) is 2.27. The van der Waals surface area contributed by atoms with Crippen molar-refractivity contribution in [1.29, 1.82) is 0 Å². The van der Waals surface area contributed by atoms with E-state index in [1.165, 1.54) is 0 Å². The number of rotatable bonds is 5. The molecule has 0 saturated carbocycles. The van der Waals surface area contributed by atoms with Gasteiger partial charge in [0.25, 0.3) is 0 Å². The van der Waals surface area contributed by atoms with Gasteiger partial charge < -0.3 is 16.4 Å². The van der Waals surface area contributed by atoms with Gasteiger partial charge in [0.15, 0.2) is 0 Å². The third-order valence-corrected chi connectivity index (χ3v) is 3.12. The predicted molar refractivity (Wildman–Crippen MR) is 81.5 cm³/mol. The molecule has 0 radical (unpaired) electrons. The number of hydrogen-bond donors (Lipinski definition) is 3. The molecule has 20 heavy (non-hydrogen) atoms. The molecule has 0 aliphatic heterocycles. The van der Waals surface area contributed by atoms with E-state index in [9.17, 15) is 9.59 Å². The molecule has 0 spiro atoms. The second-order valence-corrected chi connectivity index (χ2v) is 5.19. The summed E-state index contributed by atoms with van der Waals surface area (Å²) < 4.78 is 0. The van der Waals surface area contributed by atoms with Gasteiger partial charge in [0.2, 0.25) is 11.8 Å². The molecule has 1 atom stereocenters. The Labute approximate surface area is 119 Å². The van der Waals surface area contributed by atoms with Crippen LogP contribution >= 0.6 is 0 Å². The third kappa shape index (κ3) is 4.35. The number of aryl methyl sites for hydroxylation is 1. The van der Waals surface area contributed by atoms with Gasteiger partial charge in [0, 0.05) is 17.8 Å². The Balaban J connectivity index is 2.86. The molecule has 0 bridgehead atoms. The molecule has 0 aliphatic rings. The molecular formula is C15H23N3O2. The van der Waals surface area contributed by atoms with Gasteiger partial charge in [0.05, 0.1) is 6.04 Å². The van der Waals surface area contributed by atoms with Gasteiger partial charge in [-0.15, -0.1) is 0 Å². The van der Waals surface area contributed by atoms with Gasteiger partial charge in [-0.05, 0) is 30.5 Å². The van der Waals surface area contributed by atoms with E-state index in [1.54, 1.807) is 19.1 Å². The first kappa shape index (κ1) is 16.2. The normalized spacial score (nSPS) is 12.1. The third-order valence-electron chi connectivity index (χ3n) is 3.12. The van der Waals surface area contributed by atoms with E-state index >= 15 is 0 Å². The summed E-state index contributed by atoms with van der Waals surface area (Å²) in [6.45, 7) is 7.47. The zero-order valence-corrected chi connectivity index (χ0v) is 12.5. The molecule has 0 heterocycles. The van der Waals surface area contributed by atoms with Crippen LogP contribution in [0.4, 0.5) is 11.4 Å². The largest absolute Gasteiger partial charge is 0.326 e. The minimum absolute atomic E-state index is 0.0648. The molecule has 0 aliphatic carbocycles. The summed E-state index contributed by atoms with van der Waals surface area (Å²) in [5.74, 6) is -0.217. The van der Waals surface area contributed by atoms with Gasteiger partial charge in [-0.2, -0.15) is 0 Å². The lowest BCUT2D eigenvalue weighted by Gasteiger charge is -2.17. The van der Waals surface area contributed by atoms with Gasteiger partial charge in [0.1, 0.15) is 0 Å². The molecule has 1 aromatic rings. The average Bonchev–Trinajstić information content (AvgIpc) is 2.41. The number of anilines is 2. The molecule has 0 fully saturated rings. The topological polar surface area (TPSA) is 84.2 Å². The fourth-order valence-corrected chi connectivity index (χ4v) is 1.60. The Morgan fingerprint density at radius 1 is 1.25 bits per heavy atom. The van der Waals surface area contributed by atoms with Crippen molar-refractivity contribution >= 4 is 23.2 Å². The van der Waals surface area contributed by atoms with Crippen molar-refractivity contribution in [3.63, 3.8) is 0 Å². The maximum Gasteiger partial charge on any atom is 0.241 e. The van der Waals surface area contributed by atoms with Crippen LogP contribution in [0, 0.1) is 12.8 Å². The van der Waals surface area contributed by atoms with Crippen molar-refractivity contribution in [3.05, 3.63) is 23.8 Å². The highest BCUT2D eigenvalue weighted by atomic mass is 16.2. The summed E-state index contributed by atoms with van der Waals surface area (Å²) in [7, 11) is 0. The fourth-order valence-electron chi connectivity index (χ4n) is 1.60. The van der Waals surface area contributed by atoms with Crippen LogP contribution in [-0.4, -0.2) is 17.9 Å². The zero-order chi connectivity index (χ0) is 15.3. The standard InChI is InChI=1S/C15H23N3O2/c1-5-13(19)17-11-7-6-10(4)12(8-11)18-15(20)14(16)9(2)3/h6-9,14H,5,16H2,1-4H3,(H,17,19)(H,18,20). The minimum atomic E-state index is -0.553. The first-order chi connectivity index (χ1) is 9.35. The lowest BCUT2D eigenvalue weighted by Crippen LogP contribution is -2.39. The van der Waals surface area contributed by atoms with Crippen LogP contribution in [0.1, 0.15) is 32.8 Å². The Kier molecular flexibility index (Phi) is 5.70. The average molecular weight is 277 g/mol. The lowest BCUT2D eigenvalue weighted by atomic mass is 10.0. The molecule has 1 aromatic carbocycles. The van der Waals surface area contributed by atoms with Gasteiger partial charge in [-0.3, -0.25) is 9.59 Å². The Hall–Kier alpha value is -1.88. The fraction of sp³-hybridized carbons (Fsp3) is 0.467. The number of carbonyl (C=O) groups is 2. The Morgan fingerprint density at radius 2 is 1.90 bits per heavy atom. The van der Waals surface area contributed by atoms with Crippen molar-refractivity contribution in [1.82, 2.24) is 0 Å². The van der Waals surface area contributed by atoms with Gasteiger partial charge >= 0.3 is 0 Å². The van der Waals surface area contributed by atoms with Crippen molar-refractivity contribution in [2.75, 3.05) is 10.6 Å². The number of carbonyl (C=O) groups excluding carboxylic acids is 2. The first-order valence-electron chi connectivity index (χ1n) is 6.82. The van der Waals surface area contributed by atoms with Crippen LogP contribution in [0.2, 0.25) is 0 Å². The maximum absolute atomic E-state index is 12.0. The van der Waals surface area contributed by atoms with Crippen molar-refractivity contribution in [2.24, 2.45) is 11.7 Å². The molecule has 1 unspecified atom stereocenters. The Bertz CT molecular complexity index is 498. The summed E-state index contributed by atoms with van der Waals surface area (Å²) >= 11 is 0. The van der Waals surface area contributed by atoms with Crippen LogP contribution in [0.25, 0.3) is 0 Å². The quantitative estimate of drug-likeness (QED) is 0.772. The van der Waals surface area contributed by atoms with E-state index in [2.05, 4.69) is 10.6 Å². The monoisotopic (exact) mass is 277 g/mol. The lowest BCUT2D eigenvalue weighted by molar-refractivity contribution is -0.118. The highest BCUT2D eigenvalue weighted by molar-refractivity contribution is 5.97. The van der Waals surface area contributed by atoms with E-state index in [1.807, 2.05) is 26.8 Å². The summed E-state index contributed by atoms with van der Waals surface area (Å²) in [6.07, 6.45) is 0.411. The molecule has 1 rings (SSSR count). The number of nitrogens with two attached hydrogens (primary N) is 1. The smallest absolute Gasteiger partial charge is 0.241 e. The molecule has 0 aromatic heterocycles. The summed E-state index contributed by atoms with van der Waals surface area (Å²) in [4.78, 5) is 23.4. The number of benzene rings is 1. The van der Waals surface area contributed by atoms with Crippen molar-refractivity contribution in [2.45, 2.75) is 40.2 Å². The van der Waals surface area contributed by atoms with Crippen LogP contribution in [0.3, 0.4) is 0 Å². The molecule has 5 heteroatoms. The van der Waals surface area contributed by atoms with Crippen LogP contribution in [-0.2, 0) is 9.59 Å². The van der Waals surface area contributed by atoms with Crippen LogP contribution < -0.4 is 16.4 Å². The van der Waals surface area contributed by atoms with E-state index < -0.39 is 6.04 Å². The number of nitrogens with one attached hydrogen (secondary N) is 2. The van der Waals surface area contributed by atoms with Crippen LogP contribution in [0.15, 0.2) is 18.2 Å². The molecule has 2 amide bonds. The van der Waals surface area contributed by atoms with E-state index in [4.69, 9.17) is 5.73 Å². The van der Waals surface area contributed by atoms with Crippen molar-refractivity contribution < 1.29 is 9.59 Å². The second kappa shape index (κ2) is 7.05. The number of amides is 2. The molecular weight excluding hydrogens is 254 g/mol. The summed E-state index contributed by atoms with van der Waals surface area (Å²) in [6, 6.07) is 4.85. The van der Waals surface area contributed by atoms with Crippen molar-refractivity contribution in [3.8, 4) is 0 Å². The van der Waals surface area contributed by atoms with Gasteiger partial charge in [-0.1, -0.05) is 26.8 Å². The second-order valence-electron chi connectivity index (χ2n) is 5.19. The zero-order valence-electron chi connectivity index (χ0n) is 12.5. The van der Waals surface area contributed by atoms with E-state index in [0.29, 0.717) is 17.8 Å². The SMILES string of the molecule is CCC(=O)Nc1ccc(C)c(NC(=O)C(N)C(C)C)c1. The number of hydrogen-bond acceptors (Lipinski definition) is 3. The maximum atomic E-state index is 12.0. The summed E-state index contributed by atoms with van der Waals surface area (Å²) in [5.41, 5.74) is 8.07. The minimum Gasteiger partial charge on any atom is -0.326 e. The summed E-state index contributed by atoms with van der Waals surface area (Å²) in [5, 5.41) is 5.57. The van der Waals surface area contributed by atoms with E-state index in [-0.39, 0.29) is 17.7 Å². The molecule has 4 N–H and O–H groups in total. The van der Waals surface area contributed by atoms with Gasteiger partial charge in [-0.25, -0.2) is 0 Å². The highest BCUT2D eigenvalue weighted by Crippen LogP contribution is 2.21. The van der Waals surface area contributed by atoms with E-state index in [0.717, 1.165) is 5.56 Å². The first-order valence-corrected chi connectivity index (χ1v) is 6.82. The van der Waals surface area contributed by atoms with Crippen LogP contribution in [0.5, 0.6) is 0 Å². The molecule has 110 valence electrons. The molecule has 0 saturated heterocycles.